The second-order valence-corrected chi connectivity index (χ2v) is 4.48. The Kier molecular flexibility index (Phi) is 3.28. The zero-order valence-electron chi connectivity index (χ0n) is 8.28. The van der Waals surface area contributed by atoms with Crippen LogP contribution in [0.2, 0.25) is 0 Å². The van der Waals surface area contributed by atoms with E-state index in [2.05, 4.69) is 22.6 Å². The van der Waals surface area contributed by atoms with Gasteiger partial charge in [-0.15, -0.1) is 0 Å². The van der Waals surface area contributed by atoms with Gasteiger partial charge in [0.25, 0.3) is 0 Å². The molecular formula is C12H9FINO. The van der Waals surface area contributed by atoms with Crippen LogP contribution < -0.4 is 10.5 Å². The normalized spacial score (nSPS) is 10.1. The van der Waals surface area contributed by atoms with Crippen LogP contribution in [-0.2, 0) is 0 Å². The monoisotopic (exact) mass is 329 g/mol. The summed E-state index contributed by atoms with van der Waals surface area (Å²) in [6, 6.07) is 11.3. The van der Waals surface area contributed by atoms with E-state index in [1.54, 1.807) is 18.2 Å². The Morgan fingerprint density at radius 1 is 1.06 bits per heavy atom. The molecule has 0 unspecified atom stereocenters. The van der Waals surface area contributed by atoms with Crippen LogP contribution in [0.15, 0.2) is 42.5 Å². The molecular weight excluding hydrogens is 320 g/mol. The maximum atomic E-state index is 12.7. The molecule has 0 bridgehead atoms. The van der Waals surface area contributed by atoms with E-state index < -0.39 is 0 Å². The van der Waals surface area contributed by atoms with Crippen molar-refractivity contribution in [3.8, 4) is 11.5 Å². The molecule has 2 aromatic carbocycles. The quantitative estimate of drug-likeness (QED) is 0.672. The maximum Gasteiger partial charge on any atom is 0.150 e. The minimum absolute atomic E-state index is 0.289. The van der Waals surface area contributed by atoms with Crippen molar-refractivity contribution in [1.29, 1.82) is 0 Å². The Labute approximate surface area is 106 Å². The number of halogens is 2. The first-order valence-electron chi connectivity index (χ1n) is 4.63. The Bertz CT molecular complexity index is 499. The molecule has 0 saturated heterocycles. The Hall–Kier alpha value is -1.30. The Balaban J connectivity index is 2.23. The number of anilines is 1. The van der Waals surface area contributed by atoms with Gasteiger partial charge in [-0.1, -0.05) is 0 Å². The summed E-state index contributed by atoms with van der Waals surface area (Å²) in [4.78, 5) is 0. The van der Waals surface area contributed by atoms with E-state index in [1.807, 2.05) is 12.1 Å². The van der Waals surface area contributed by atoms with Gasteiger partial charge in [0, 0.05) is 3.57 Å². The number of nitrogens with two attached hydrogens (primary N) is 1. The molecule has 2 N–H and O–H groups in total. The molecule has 0 radical (unpaired) electrons. The predicted octanol–water partition coefficient (Wildman–Crippen LogP) is 3.80. The smallest absolute Gasteiger partial charge is 0.150 e. The van der Waals surface area contributed by atoms with Crippen molar-refractivity contribution in [2.45, 2.75) is 0 Å². The molecule has 0 spiro atoms. The highest BCUT2D eigenvalue weighted by molar-refractivity contribution is 14.1. The SMILES string of the molecule is Nc1cc(I)ccc1Oc1ccc(F)cc1. The van der Waals surface area contributed by atoms with Crippen molar-refractivity contribution in [3.05, 3.63) is 51.9 Å². The lowest BCUT2D eigenvalue weighted by Crippen LogP contribution is -1.92. The summed E-state index contributed by atoms with van der Waals surface area (Å²) in [5, 5.41) is 0. The van der Waals surface area contributed by atoms with Crippen LogP contribution in [0.25, 0.3) is 0 Å². The maximum absolute atomic E-state index is 12.7. The molecule has 0 saturated carbocycles. The van der Waals surface area contributed by atoms with Gasteiger partial charge in [0.05, 0.1) is 5.69 Å². The number of hydrogen-bond donors (Lipinski definition) is 1. The number of nitrogen functional groups attached to an aromatic ring is 1. The van der Waals surface area contributed by atoms with Crippen LogP contribution in [0.3, 0.4) is 0 Å². The van der Waals surface area contributed by atoms with Crippen LogP contribution in [0.1, 0.15) is 0 Å². The highest BCUT2D eigenvalue weighted by atomic mass is 127. The van der Waals surface area contributed by atoms with Gasteiger partial charge in [0.2, 0.25) is 0 Å². The standard InChI is InChI=1S/C12H9FINO/c13-8-1-4-10(5-2-8)16-12-6-3-9(14)7-11(12)15/h1-7H,15H2. The molecule has 4 heteroatoms. The minimum atomic E-state index is -0.289. The fraction of sp³-hybridized carbons (Fsp3) is 0. The van der Waals surface area contributed by atoms with E-state index in [9.17, 15) is 4.39 Å². The second-order valence-electron chi connectivity index (χ2n) is 3.24. The van der Waals surface area contributed by atoms with Crippen molar-refractivity contribution in [3.63, 3.8) is 0 Å². The van der Waals surface area contributed by atoms with Gasteiger partial charge in [0.15, 0.2) is 0 Å². The molecule has 2 aromatic rings. The van der Waals surface area contributed by atoms with Gasteiger partial charge < -0.3 is 10.5 Å². The molecule has 0 atom stereocenters. The zero-order valence-corrected chi connectivity index (χ0v) is 10.4. The third-order valence-corrected chi connectivity index (χ3v) is 2.68. The lowest BCUT2D eigenvalue weighted by atomic mass is 10.3. The fourth-order valence-electron chi connectivity index (χ4n) is 1.24. The van der Waals surface area contributed by atoms with Crippen LogP contribution in [0.5, 0.6) is 11.5 Å². The molecule has 0 aliphatic rings. The summed E-state index contributed by atoms with van der Waals surface area (Å²) in [7, 11) is 0. The molecule has 0 aliphatic heterocycles. The molecule has 0 aliphatic carbocycles. The lowest BCUT2D eigenvalue weighted by Gasteiger charge is -2.08. The van der Waals surface area contributed by atoms with Crippen LogP contribution in [-0.4, -0.2) is 0 Å². The summed E-state index contributed by atoms with van der Waals surface area (Å²) in [5.74, 6) is 0.851. The number of ether oxygens (including phenoxy) is 1. The summed E-state index contributed by atoms with van der Waals surface area (Å²) in [6.45, 7) is 0. The van der Waals surface area contributed by atoms with E-state index in [4.69, 9.17) is 10.5 Å². The van der Waals surface area contributed by atoms with Gasteiger partial charge in [-0.25, -0.2) is 4.39 Å². The highest BCUT2D eigenvalue weighted by Gasteiger charge is 2.02. The molecule has 0 fully saturated rings. The van der Waals surface area contributed by atoms with E-state index in [0.29, 0.717) is 17.2 Å². The third kappa shape index (κ3) is 2.63. The average molecular weight is 329 g/mol. The van der Waals surface area contributed by atoms with Gasteiger partial charge in [0.1, 0.15) is 17.3 Å². The first-order chi connectivity index (χ1) is 7.65. The van der Waals surface area contributed by atoms with Crippen molar-refractivity contribution in [2.24, 2.45) is 0 Å². The Morgan fingerprint density at radius 3 is 2.38 bits per heavy atom. The fourth-order valence-corrected chi connectivity index (χ4v) is 1.76. The van der Waals surface area contributed by atoms with E-state index in [0.717, 1.165) is 3.57 Å². The van der Waals surface area contributed by atoms with E-state index in [-0.39, 0.29) is 5.82 Å². The summed E-state index contributed by atoms with van der Waals surface area (Å²) >= 11 is 2.17. The average Bonchev–Trinajstić information content (AvgIpc) is 2.25. The largest absolute Gasteiger partial charge is 0.455 e. The van der Waals surface area contributed by atoms with E-state index in [1.165, 1.54) is 12.1 Å². The van der Waals surface area contributed by atoms with Crippen LogP contribution in [0, 0.1) is 9.39 Å². The number of hydrogen-bond acceptors (Lipinski definition) is 2. The van der Waals surface area contributed by atoms with Gasteiger partial charge in [-0.3, -0.25) is 0 Å². The van der Waals surface area contributed by atoms with Gasteiger partial charge in [-0.05, 0) is 65.1 Å². The topological polar surface area (TPSA) is 35.2 Å². The first-order valence-corrected chi connectivity index (χ1v) is 5.71. The lowest BCUT2D eigenvalue weighted by molar-refractivity contribution is 0.483. The summed E-state index contributed by atoms with van der Waals surface area (Å²) in [6.07, 6.45) is 0. The minimum Gasteiger partial charge on any atom is -0.455 e. The predicted molar refractivity (Wildman–Crippen MR) is 70.0 cm³/mol. The Morgan fingerprint density at radius 2 is 1.75 bits per heavy atom. The molecule has 82 valence electrons. The number of rotatable bonds is 2. The van der Waals surface area contributed by atoms with Crippen molar-refractivity contribution >= 4 is 28.3 Å². The van der Waals surface area contributed by atoms with Crippen molar-refractivity contribution in [2.75, 3.05) is 5.73 Å². The molecule has 0 heterocycles. The van der Waals surface area contributed by atoms with Gasteiger partial charge in [-0.2, -0.15) is 0 Å². The molecule has 0 amide bonds. The summed E-state index contributed by atoms with van der Waals surface area (Å²) in [5.41, 5.74) is 6.36. The molecule has 2 nitrogen and oxygen atoms in total. The molecule has 0 aromatic heterocycles. The summed E-state index contributed by atoms with van der Waals surface area (Å²) < 4.78 is 19.2. The third-order valence-electron chi connectivity index (χ3n) is 2.01. The molecule has 2 rings (SSSR count). The highest BCUT2D eigenvalue weighted by Crippen LogP contribution is 2.28. The van der Waals surface area contributed by atoms with Crippen LogP contribution in [0.4, 0.5) is 10.1 Å². The number of benzene rings is 2. The second kappa shape index (κ2) is 4.69. The van der Waals surface area contributed by atoms with Crippen molar-refractivity contribution in [1.82, 2.24) is 0 Å². The van der Waals surface area contributed by atoms with Crippen LogP contribution >= 0.6 is 22.6 Å². The van der Waals surface area contributed by atoms with E-state index >= 15 is 0 Å². The first kappa shape index (κ1) is 11.2. The zero-order chi connectivity index (χ0) is 11.5. The van der Waals surface area contributed by atoms with Crippen molar-refractivity contribution < 1.29 is 9.13 Å². The molecule has 16 heavy (non-hydrogen) atoms. The van der Waals surface area contributed by atoms with Gasteiger partial charge >= 0.3 is 0 Å².